The molecule has 2 N–H and O–H groups in total. The lowest BCUT2D eigenvalue weighted by Crippen LogP contribution is -2.19. The number of nitrogens with zero attached hydrogens (tertiary/aromatic N) is 3. The number of hydrogen-bond donors (Lipinski definition) is 1. The van der Waals surface area contributed by atoms with E-state index in [9.17, 15) is 0 Å². The number of rotatable bonds is 4. The molecular formula is C13H16N4. The molecular weight excluding hydrogens is 212 g/mol. The van der Waals surface area contributed by atoms with E-state index in [-0.39, 0.29) is 6.04 Å². The summed E-state index contributed by atoms with van der Waals surface area (Å²) in [4.78, 5) is 12.8. The SMILES string of the molecule is CC(N)Cc1ccnc(Cc2ccncc2)n1. The monoisotopic (exact) mass is 228 g/mol. The Labute approximate surface area is 101 Å². The van der Waals surface area contributed by atoms with Crippen molar-refractivity contribution in [2.45, 2.75) is 25.8 Å². The molecule has 0 saturated heterocycles. The van der Waals surface area contributed by atoms with E-state index in [2.05, 4.69) is 15.0 Å². The third kappa shape index (κ3) is 3.60. The first-order valence-corrected chi connectivity index (χ1v) is 5.69. The zero-order chi connectivity index (χ0) is 12.1. The minimum atomic E-state index is 0.124. The Balaban J connectivity index is 2.11. The maximum absolute atomic E-state index is 5.76. The van der Waals surface area contributed by atoms with Gasteiger partial charge in [0.1, 0.15) is 5.82 Å². The van der Waals surface area contributed by atoms with Gasteiger partial charge in [-0.3, -0.25) is 4.98 Å². The molecule has 2 aromatic heterocycles. The maximum atomic E-state index is 5.76. The Hall–Kier alpha value is -1.81. The Morgan fingerprint density at radius 1 is 1.18 bits per heavy atom. The summed E-state index contributed by atoms with van der Waals surface area (Å²) in [6.07, 6.45) is 6.87. The molecule has 0 aliphatic heterocycles. The highest BCUT2D eigenvalue weighted by molar-refractivity contribution is 5.16. The second-order valence-electron chi connectivity index (χ2n) is 4.18. The first kappa shape index (κ1) is 11.7. The normalized spacial score (nSPS) is 12.4. The van der Waals surface area contributed by atoms with Crippen molar-refractivity contribution in [3.8, 4) is 0 Å². The lowest BCUT2D eigenvalue weighted by molar-refractivity contribution is 0.713. The number of aromatic nitrogens is 3. The average Bonchev–Trinajstić information content (AvgIpc) is 2.30. The van der Waals surface area contributed by atoms with Crippen LogP contribution in [0.3, 0.4) is 0 Å². The van der Waals surface area contributed by atoms with Crippen molar-refractivity contribution in [2.24, 2.45) is 5.73 Å². The predicted octanol–water partition coefficient (Wildman–Crippen LogP) is 1.35. The molecule has 0 saturated carbocycles. The molecule has 0 aliphatic carbocycles. The van der Waals surface area contributed by atoms with Gasteiger partial charge < -0.3 is 5.73 Å². The minimum absolute atomic E-state index is 0.124. The molecule has 4 heteroatoms. The van der Waals surface area contributed by atoms with Gasteiger partial charge in [0, 0.05) is 43.2 Å². The van der Waals surface area contributed by atoms with Gasteiger partial charge in [-0.25, -0.2) is 9.97 Å². The summed E-state index contributed by atoms with van der Waals surface area (Å²) in [6.45, 7) is 1.98. The third-order valence-corrected chi connectivity index (χ3v) is 2.41. The zero-order valence-corrected chi connectivity index (χ0v) is 9.87. The molecule has 0 amide bonds. The molecule has 88 valence electrons. The van der Waals surface area contributed by atoms with Gasteiger partial charge in [0.2, 0.25) is 0 Å². The first-order valence-electron chi connectivity index (χ1n) is 5.69. The van der Waals surface area contributed by atoms with E-state index in [1.807, 2.05) is 25.1 Å². The number of hydrogen-bond acceptors (Lipinski definition) is 4. The molecule has 0 spiro atoms. The topological polar surface area (TPSA) is 64.7 Å². The van der Waals surface area contributed by atoms with Crippen LogP contribution in [0, 0.1) is 0 Å². The largest absolute Gasteiger partial charge is 0.328 e. The standard InChI is InChI=1S/C13H16N4/c1-10(14)8-12-4-7-16-13(17-12)9-11-2-5-15-6-3-11/h2-7,10H,8-9,14H2,1H3. The average molecular weight is 228 g/mol. The number of pyridine rings is 1. The van der Waals surface area contributed by atoms with E-state index >= 15 is 0 Å². The Bertz CT molecular complexity index is 468. The first-order chi connectivity index (χ1) is 8.24. The lowest BCUT2D eigenvalue weighted by atomic mass is 10.1. The van der Waals surface area contributed by atoms with Gasteiger partial charge in [-0.1, -0.05) is 0 Å². The lowest BCUT2D eigenvalue weighted by Gasteiger charge is -2.06. The van der Waals surface area contributed by atoms with Crippen LogP contribution in [-0.2, 0) is 12.8 Å². The summed E-state index contributed by atoms with van der Waals surface area (Å²) in [5.41, 5.74) is 7.92. The second-order valence-corrected chi connectivity index (χ2v) is 4.18. The van der Waals surface area contributed by atoms with Crippen LogP contribution in [0.2, 0.25) is 0 Å². The molecule has 1 unspecified atom stereocenters. The van der Waals surface area contributed by atoms with Crippen molar-refractivity contribution >= 4 is 0 Å². The van der Waals surface area contributed by atoms with E-state index in [0.717, 1.165) is 29.9 Å². The molecule has 1 atom stereocenters. The summed E-state index contributed by atoms with van der Waals surface area (Å²) < 4.78 is 0. The van der Waals surface area contributed by atoms with Crippen LogP contribution in [-0.4, -0.2) is 21.0 Å². The van der Waals surface area contributed by atoms with E-state index in [0.29, 0.717) is 0 Å². The van der Waals surface area contributed by atoms with Crippen LogP contribution < -0.4 is 5.73 Å². The van der Waals surface area contributed by atoms with E-state index in [4.69, 9.17) is 5.73 Å². The summed E-state index contributed by atoms with van der Waals surface area (Å²) in [7, 11) is 0. The smallest absolute Gasteiger partial charge is 0.132 e. The van der Waals surface area contributed by atoms with E-state index < -0.39 is 0 Å². The molecule has 2 aromatic rings. The molecule has 0 fully saturated rings. The van der Waals surface area contributed by atoms with E-state index in [1.165, 1.54) is 0 Å². The molecule has 0 aromatic carbocycles. The van der Waals surface area contributed by atoms with Gasteiger partial charge in [-0.05, 0) is 30.7 Å². The molecule has 2 rings (SSSR count). The Kier molecular flexibility index (Phi) is 3.77. The Morgan fingerprint density at radius 3 is 2.65 bits per heavy atom. The maximum Gasteiger partial charge on any atom is 0.132 e. The van der Waals surface area contributed by atoms with Crippen LogP contribution in [0.1, 0.15) is 24.0 Å². The van der Waals surface area contributed by atoms with Crippen molar-refractivity contribution in [2.75, 3.05) is 0 Å². The third-order valence-electron chi connectivity index (χ3n) is 2.41. The highest BCUT2D eigenvalue weighted by atomic mass is 14.9. The van der Waals surface area contributed by atoms with Crippen molar-refractivity contribution in [1.29, 1.82) is 0 Å². The fourth-order valence-corrected chi connectivity index (χ4v) is 1.65. The van der Waals surface area contributed by atoms with Gasteiger partial charge in [-0.2, -0.15) is 0 Å². The van der Waals surface area contributed by atoms with Crippen LogP contribution in [0.25, 0.3) is 0 Å². The van der Waals surface area contributed by atoms with Crippen LogP contribution in [0.4, 0.5) is 0 Å². The fourth-order valence-electron chi connectivity index (χ4n) is 1.65. The van der Waals surface area contributed by atoms with Gasteiger partial charge in [0.25, 0.3) is 0 Å². The van der Waals surface area contributed by atoms with Crippen LogP contribution >= 0.6 is 0 Å². The van der Waals surface area contributed by atoms with Gasteiger partial charge in [0.15, 0.2) is 0 Å². The zero-order valence-electron chi connectivity index (χ0n) is 9.87. The van der Waals surface area contributed by atoms with Crippen molar-refractivity contribution in [3.63, 3.8) is 0 Å². The second kappa shape index (κ2) is 5.50. The van der Waals surface area contributed by atoms with Crippen LogP contribution in [0.15, 0.2) is 36.8 Å². The van der Waals surface area contributed by atoms with Gasteiger partial charge in [-0.15, -0.1) is 0 Å². The highest BCUT2D eigenvalue weighted by Crippen LogP contribution is 2.05. The van der Waals surface area contributed by atoms with E-state index in [1.54, 1.807) is 18.6 Å². The summed E-state index contributed by atoms with van der Waals surface area (Å²) in [5.74, 6) is 0.828. The molecule has 0 aliphatic rings. The fraction of sp³-hybridized carbons (Fsp3) is 0.308. The molecule has 17 heavy (non-hydrogen) atoms. The van der Waals surface area contributed by atoms with Crippen molar-refractivity contribution in [3.05, 3.63) is 53.9 Å². The number of nitrogens with two attached hydrogens (primary N) is 1. The summed E-state index contributed by atoms with van der Waals surface area (Å²) in [6, 6.07) is 5.99. The van der Waals surface area contributed by atoms with Crippen molar-refractivity contribution in [1.82, 2.24) is 15.0 Å². The Morgan fingerprint density at radius 2 is 1.94 bits per heavy atom. The molecule has 2 heterocycles. The molecule has 0 radical (unpaired) electrons. The van der Waals surface area contributed by atoms with Gasteiger partial charge >= 0.3 is 0 Å². The molecule has 4 nitrogen and oxygen atoms in total. The van der Waals surface area contributed by atoms with Gasteiger partial charge in [0.05, 0.1) is 0 Å². The van der Waals surface area contributed by atoms with Crippen LogP contribution in [0.5, 0.6) is 0 Å². The minimum Gasteiger partial charge on any atom is -0.328 e. The van der Waals surface area contributed by atoms with Crippen molar-refractivity contribution < 1.29 is 0 Å². The quantitative estimate of drug-likeness (QED) is 0.858. The highest BCUT2D eigenvalue weighted by Gasteiger charge is 2.03. The summed E-state index contributed by atoms with van der Waals surface area (Å²) >= 11 is 0. The summed E-state index contributed by atoms with van der Waals surface area (Å²) in [5, 5.41) is 0. The molecule has 0 bridgehead atoms. The predicted molar refractivity (Wildman–Crippen MR) is 66.4 cm³/mol.